The molecule has 3 aromatic rings. The van der Waals surface area contributed by atoms with Crippen molar-refractivity contribution in [2.45, 2.75) is 6.92 Å². The topological polar surface area (TPSA) is 50.4 Å². The molecule has 20 heavy (non-hydrogen) atoms. The Labute approximate surface area is 135 Å². The van der Waals surface area contributed by atoms with Crippen molar-refractivity contribution >= 4 is 35.2 Å². The summed E-state index contributed by atoms with van der Waals surface area (Å²) in [6.07, 6.45) is 1.40. The Hall–Kier alpha value is -1.50. The third kappa shape index (κ3) is 2.30. The van der Waals surface area contributed by atoms with Gasteiger partial charge in [0.1, 0.15) is 11.6 Å². The van der Waals surface area contributed by atoms with Gasteiger partial charge in [0.15, 0.2) is 5.65 Å². The molecule has 3 rings (SSSR count). The maximum Gasteiger partial charge on any atom is 0.215 e. The van der Waals surface area contributed by atoms with E-state index < -0.39 is 11.6 Å². The molecule has 2 aromatic heterocycles. The smallest absolute Gasteiger partial charge is 0.215 e. The van der Waals surface area contributed by atoms with Crippen LogP contribution in [0.15, 0.2) is 30.5 Å². The van der Waals surface area contributed by atoms with E-state index in [4.69, 9.17) is 0 Å². The van der Waals surface area contributed by atoms with E-state index in [0.29, 0.717) is 16.9 Å². The first-order chi connectivity index (χ1) is 9.08. The van der Waals surface area contributed by atoms with Crippen LogP contribution in [0.1, 0.15) is 5.69 Å². The molecular formula is C13H9F2N3NaO. The molecule has 0 atom stereocenters. The monoisotopic (exact) mass is 284 g/mol. The van der Waals surface area contributed by atoms with E-state index in [9.17, 15) is 13.9 Å². The van der Waals surface area contributed by atoms with Crippen molar-refractivity contribution in [3.63, 3.8) is 0 Å². The van der Waals surface area contributed by atoms with Crippen LogP contribution in [0.2, 0.25) is 0 Å². The van der Waals surface area contributed by atoms with Crippen LogP contribution < -0.4 is 0 Å². The number of halogens is 2. The van der Waals surface area contributed by atoms with Crippen LogP contribution in [-0.2, 0) is 0 Å². The van der Waals surface area contributed by atoms with Gasteiger partial charge in [-0.2, -0.15) is 9.61 Å². The average Bonchev–Trinajstić information content (AvgIpc) is 2.68. The Bertz CT molecular complexity index is 789. The fourth-order valence-electron chi connectivity index (χ4n) is 2.05. The van der Waals surface area contributed by atoms with E-state index >= 15 is 0 Å². The molecule has 1 radical (unpaired) electrons. The normalized spacial score (nSPS) is 10.6. The number of aromatic hydroxyl groups is 1. The van der Waals surface area contributed by atoms with Crippen molar-refractivity contribution in [1.29, 1.82) is 0 Å². The van der Waals surface area contributed by atoms with Gasteiger partial charge in [0.05, 0.1) is 11.3 Å². The molecule has 0 spiro atoms. The molecule has 2 heterocycles. The first-order valence-electron chi connectivity index (χ1n) is 5.56. The summed E-state index contributed by atoms with van der Waals surface area (Å²) in [6, 6.07) is 4.69. The molecule has 0 saturated heterocycles. The minimum Gasteiger partial charge on any atom is -0.493 e. The van der Waals surface area contributed by atoms with Gasteiger partial charge in [-0.3, -0.25) is 0 Å². The Morgan fingerprint density at radius 3 is 2.65 bits per heavy atom. The minimum atomic E-state index is -0.692. The van der Waals surface area contributed by atoms with Crippen molar-refractivity contribution < 1.29 is 13.9 Å². The van der Waals surface area contributed by atoms with Crippen molar-refractivity contribution in [2.75, 3.05) is 0 Å². The summed E-state index contributed by atoms with van der Waals surface area (Å²) < 4.78 is 28.0. The van der Waals surface area contributed by atoms with Crippen LogP contribution in [0, 0.1) is 18.6 Å². The predicted octanol–water partition coefficient (Wildman–Crippen LogP) is 2.31. The first-order valence-corrected chi connectivity index (χ1v) is 5.56. The van der Waals surface area contributed by atoms with Crippen LogP contribution in [0.4, 0.5) is 8.78 Å². The summed E-state index contributed by atoms with van der Waals surface area (Å²) in [5.41, 5.74) is 1.46. The zero-order chi connectivity index (χ0) is 13.6. The van der Waals surface area contributed by atoms with Gasteiger partial charge in [-0.1, -0.05) is 0 Å². The molecule has 0 aliphatic heterocycles. The van der Waals surface area contributed by atoms with Crippen molar-refractivity contribution in [3.8, 4) is 17.0 Å². The summed E-state index contributed by atoms with van der Waals surface area (Å²) in [7, 11) is 0. The number of hydrogen-bond acceptors (Lipinski definition) is 3. The zero-order valence-electron chi connectivity index (χ0n) is 10.9. The number of aryl methyl sites for hydroxylation is 1. The molecule has 1 aromatic carbocycles. The van der Waals surface area contributed by atoms with Crippen LogP contribution in [0.3, 0.4) is 0 Å². The van der Waals surface area contributed by atoms with Crippen LogP contribution in [0.5, 0.6) is 5.88 Å². The largest absolute Gasteiger partial charge is 0.493 e. The summed E-state index contributed by atoms with van der Waals surface area (Å²) in [4.78, 5) is 4.08. The second kappa shape index (κ2) is 5.47. The molecule has 0 saturated carbocycles. The van der Waals surface area contributed by atoms with Crippen LogP contribution in [-0.4, -0.2) is 49.3 Å². The Morgan fingerprint density at radius 1 is 1.20 bits per heavy atom. The van der Waals surface area contributed by atoms with Crippen molar-refractivity contribution in [1.82, 2.24) is 14.6 Å². The standard InChI is InChI=1S/C13H9F2N3O.Na/c1-7-12(9-3-2-8(14)6-10(9)15)13-16-5-4-11(19)18(13)17-7;/h2-6,19H,1H3;. The predicted molar refractivity (Wildman–Crippen MR) is 70.5 cm³/mol. The quantitative estimate of drug-likeness (QED) is 0.698. The molecule has 0 bridgehead atoms. The van der Waals surface area contributed by atoms with Crippen LogP contribution >= 0.6 is 0 Å². The van der Waals surface area contributed by atoms with E-state index in [1.807, 2.05) is 0 Å². The molecule has 0 unspecified atom stereocenters. The number of nitrogens with zero attached hydrogens (tertiary/aromatic N) is 3. The average molecular weight is 284 g/mol. The zero-order valence-corrected chi connectivity index (χ0v) is 12.9. The third-order valence-corrected chi connectivity index (χ3v) is 2.87. The van der Waals surface area contributed by atoms with Gasteiger partial charge in [-0.05, 0) is 19.1 Å². The van der Waals surface area contributed by atoms with E-state index in [-0.39, 0.29) is 41.0 Å². The van der Waals surface area contributed by atoms with Crippen molar-refractivity contribution in [3.05, 3.63) is 47.8 Å². The molecule has 0 amide bonds. The Balaban J connectivity index is 0.00000147. The fraction of sp³-hybridized carbons (Fsp3) is 0.0769. The summed E-state index contributed by atoms with van der Waals surface area (Å²) in [6.45, 7) is 1.67. The maximum absolute atomic E-state index is 13.9. The maximum atomic E-state index is 13.9. The van der Waals surface area contributed by atoms with Gasteiger partial charge in [-0.15, -0.1) is 0 Å². The molecule has 1 N–H and O–H groups in total. The first kappa shape index (κ1) is 14.9. The number of hydrogen-bond donors (Lipinski definition) is 1. The number of fused-ring (bicyclic) bond motifs is 1. The molecular weight excluding hydrogens is 275 g/mol. The van der Waals surface area contributed by atoms with Gasteiger partial charge in [-0.25, -0.2) is 13.8 Å². The van der Waals surface area contributed by atoms with Gasteiger partial charge >= 0.3 is 0 Å². The van der Waals surface area contributed by atoms with E-state index in [1.165, 1.54) is 28.9 Å². The Kier molecular flexibility index (Phi) is 4.08. The second-order valence-electron chi connectivity index (χ2n) is 4.12. The summed E-state index contributed by atoms with van der Waals surface area (Å²) in [5, 5.41) is 13.8. The van der Waals surface area contributed by atoms with E-state index in [0.717, 1.165) is 6.07 Å². The molecule has 0 fully saturated rings. The summed E-state index contributed by atoms with van der Waals surface area (Å²) in [5.74, 6) is -1.43. The molecule has 7 heteroatoms. The molecule has 4 nitrogen and oxygen atoms in total. The number of rotatable bonds is 1. The number of benzene rings is 1. The number of aromatic nitrogens is 3. The fourth-order valence-corrected chi connectivity index (χ4v) is 2.05. The van der Waals surface area contributed by atoms with Gasteiger partial charge in [0.2, 0.25) is 5.88 Å². The Morgan fingerprint density at radius 2 is 1.95 bits per heavy atom. The molecule has 0 aliphatic rings. The van der Waals surface area contributed by atoms with E-state index in [2.05, 4.69) is 10.1 Å². The molecule has 0 aliphatic carbocycles. The van der Waals surface area contributed by atoms with Gasteiger partial charge in [0, 0.05) is 53.5 Å². The second-order valence-corrected chi connectivity index (χ2v) is 4.12. The van der Waals surface area contributed by atoms with E-state index in [1.54, 1.807) is 6.92 Å². The van der Waals surface area contributed by atoms with Gasteiger partial charge in [0.25, 0.3) is 0 Å². The van der Waals surface area contributed by atoms with Crippen molar-refractivity contribution in [2.24, 2.45) is 0 Å². The summed E-state index contributed by atoms with van der Waals surface area (Å²) >= 11 is 0. The minimum absolute atomic E-state index is 0. The third-order valence-electron chi connectivity index (χ3n) is 2.87. The van der Waals surface area contributed by atoms with Crippen LogP contribution in [0.25, 0.3) is 16.8 Å². The molecule has 97 valence electrons. The SMILES string of the molecule is Cc1nn2c(O)ccnc2c1-c1ccc(F)cc1F.[Na]. The van der Waals surface area contributed by atoms with Gasteiger partial charge < -0.3 is 5.11 Å².